The van der Waals surface area contributed by atoms with Crippen LogP contribution in [0.15, 0.2) is 6.33 Å². The van der Waals surface area contributed by atoms with E-state index in [1.807, 2.05) is 0 Å². The number of carbonyl (C=O) groups is 1. The zero-order chi connectivity index (χ0) is 10.0. The van der Waals surface area contributed by atoms with Gasteiger partial charge < -0.3 is 5.11 Å². The van der Waals surface area contributed by atoms with Gasteiger partial charge in [-0.1, -0.05) is 13.8 Å². The Bertz CT molecular complexity index is 306. The molecule has 0 radical (unpaired) electrons. The molecule has 1 rings (SSSR count). The highest BCUT2D eigenvalue weighted by molar-refractivity contribution is 5.96. The van der Waals surface area contributed by atoms with E-state index in [1.165, 1.54) is 11.0 Å². The molecule has 0 aliphatic rings. The number of aliphatic hydroxyl groups excluding tert-OH is 1. The molecule has 1 heterocycles. The molecule has 0 aliphatic carbocycles. The van der Waals surface area contributed by atoms with Gasteiger partial charge >= 0.3 is 0 Å². The van der Waals surface area contributed by atoms with Crippen LogP contribution in [-0.2, 0) is 7.05 Å². The minimum Gasteiger partial charge on any atom is -0.385 e. The van der Waals surface area contributed by atoms with Gasteiger partial charge in [-0.2, -0.15) is 5.10 Å². The van der Waals surface area contributed by atoms with Crippen LogP contribution in [0.1, 0.15) is 24.5 Å². The fraction of sp³-hybridized carbons (Fsp3) is 0.625. The molecule has 1 atom stereocenters. The number of hydrogen-bond donors (Lipinski definition) is 1. The molecule has 13 heavy (non-hydrogen) atoms. The SMILES string of the molecule is CC(C)C(O)C(=O)c1ncnn1C. The van der Waals surface area contributed by atoms with Crippen molar-refractivity contribution in [2.45, 2.75) is 20.0 Å². The minimum absolute atomic E-state index is 0.107. The van der Waals surface area contributed by atoms with Crippen molar-refractivity contribution in [3.05, 3.63) is 12.2 Å². The van der Waals surface area contributed by atoms with E-state index in [4.69, 9.17) is 0 Å². The van der Waals surface area contributed by atoms with E-state index in [9.17, 15) is 9.90 Å². The van der Waals surface area contributed by atoms with Crippen LogP contribution in [0, 0.1) is 5.92 Å². The summed E-state index contributed by atoms with van der Waals surface area (Å²) >= 11 is 0. The number of ketones is 1. The highest BCUT2D eigenvalue weighted by atomic mass is 16.3. The fourth-order valence-electron chi connectivity index (χ4n) is 0.954. The number of rotatable bonds is 3. The molecule has 0 aliphatic heterocycles. The Balaban J connectivity index is 2.86. The number of aryl methyl sites for hydroxylation is 1. The smallest absolute Gasteiger partial charge is 0.228 e. The Morgan fingerprint density at radius 3 is 2.62 bits per heavy atom. The predicted molar refractivity (Wildman–Crippen MR) is 46.2 cm³/mol. The lowest BCUT2D eigenvalue weighted by atomic mass is 10.0. The molecule has 0 bridgehead atoms. The maximum atomic E-state index is 11.5. The van der Waals surface area contributed by atoms with E-state index < -0.39 is 6.10 Å². The van der Waals surface area contributed by atoms with E-state index in [2.05, 4.69) is 10.1 Å². The first-order chi connectivity index (χ1) is 6.04. The summed E-state index contributed by atoms with van der Waals surface area (Å²) in [6.07, 6.45) is 0.295. The Kier molecular flexibility index (Phi) is 2.77. The van der Waals surface area contributed by atoms with Gasteiger partial charge in [0, 0.05) is 7.05 Å². The fourth-order valence-corrected chi connectivity index (χ4v) is 0.954. The van der Waals surface area contributed by atoms with Crippen molar-refractivity contribution < 1.29 is 9.90 Å². The first-order valence-electron chi connectivity index (χ1n) is 4.10. The molecule has 1 N–H and O–H groups in total. The first kappa shape index (κ1) is 9.85. The zero-order valence-electron chi connectivity index (χ0n) is 7.93. The van der Waals surface area contributed by atoms with Gasteiger partial charge in [-0.15, -0.1) is 0 Å². The van der Waals surface area contributed by atoms with Gasteiger partial charge in [-0.3, -0.25) is 4.79 Å². The van der Waals surface area contributed by atoms with Crippen LogP contribution < -0.4 is 0 Å². The Morgan fingerprint density at radius 2 is 2.23 bits per heavy atom. The summed E-state index contributed by atoms with van der Waals surface area (Å²) in [4.78, 5) is 15.3. The summed E-state index contributed by atoms with van der Waals surface area (Å²) in [5.74, 6) is -0.291. The van der Waals surface area contributed by atoms with E-state index in [-0.39, 0.29) is 17.5 Å². The molecule has 1 aromatic heterocycles. The standard InChI is InChI=1S/C8H13N3O2/c1-5(2)6(12)7(13)8-9-4-10-11(8)3/h4-6,12H,1-3H3. The van der Waals surface area contributed by atoms with Crippen molar-refractivity contribution in [2.75, 3.05) is 0 Å². The molecule has 0 aromatic carbocycles. The quantitative estimate of drug-likeness (QED) is 0.670. The first-order valence-corrected chi connectivity index (χ1v) is 4.10. The molecule has 1 unspecified atom stereocenters. The van der Waals surface area contributed by atoms with Gasteiger partial charge in [-0.05, 0) is 5.92 Å². The van der Waals surface area contributed by atoms with Crippen molar-refractivity contribution in [2.24, 2.45) is 13.0 Å². The zero-order valence-corrected chi connectivity index (χ0v) is 7.93. The van der Waals surface area contributed by atoms with Crippen molar-refractivity contribution in [1.29, 1.82) is 0 Å². The molecule has 0 fully saturated rings. The molecular weight excluding hydrogens is 170 g/mol. The molecule has 5 heteroatoms. The normalized spacial score (nSPS) is 13.3. The van der Waals surface area contributed by atoms with Crippen LogP contribution in [0.5, 0.6) is 0 Å². The van der Waals surface area contributed by atoms with E-state index in [0.717, 1.165) is 0 Å². The minimum atomic E-state index is -0.997. The number of Topliss-reactive ketones (excluding diaryl/α,β-unsaturated/α-hetero) is 1. The van der Waals surface area contributed by atoms with E-state index in [0.29, 0.717) is 0 Å². The predicted octanol–water partition coefficient (Wildman–Crippen LogP) is 0.0147. The molecule has 5 nitrogen and oxygen atoms in total. The summed E-state index contributed by atoms with van der Waals surface area (Å²) in [5, 5.41) is 13.2. The highest BCUT2D eigenvalue weighted by Crippen LogP contribution is 2.07. The van der Waals surface area contributed by atoms with Crippen LogP contribution >= 0.6 is 0 Å². The lowest BCUT2D eigenvalue weighted by Crippen LogP contribution is -2.28. The molecule has 0 saturated heterocycles. The number of carbonyl (C=O) groups excluding carboxylic acids is 1. The summed E-state index contributed by atoms with van der Waals surface area (Å²) in [6, 6.07) is 0. The van der Waals surface area contributed by atoms with E-state index in [1.54, 1.807) is 20.9 Å². The van der Waals surface area contributed by atoms with Gasteiger partial charge in [0.1, 0.15) is 12.4 Å². The third-order valence-corrected chi connectivity index (χ3v) is 1.83. The summed E-state index contributed by atoms with van der Waals surface area (Å²) in [7, 11) is 1.62. The third-order valence-electron chi connectivity index (χ3n) is 1.83. The summed E-state index contributed by atoms with van der Waals surface area (Å²) in [5.41, 5.74) is 0. The molecule has 0 spiro atoms. The average Bonchev–Trinajstić information content (AvgIpc) is 2.48. The van der Waals surface area contributed by atoms with Crippen molar-refractivity contribution in [1.82, 2.24) is 14.8 Å². The van der Waals surface area contributed by atoms with Gasteiger partial charge in [0.25, 0.3) is 0 Å². The number of nitrogens with zero attached hydrogens (tertiary/aromatic N) is 3. The Hall–Kier alpha value is -1.23. The van der Waals surface area contributed by atoms with E-state index >= 15 is 0 Å². The van der Waals surface area contributed by atoms with Crippen molar-refractivity contribution >= 4 is 5.78 Å². The van der Waals surface area contributed by atoms with Crippen LogP contribution in [0.2, 0.25) is 0 Å². The maximum Gasteiger partial charge on any atom is 0.228 e. The summed E-state index contributed by atoms with van der Waals surface area (Å²) in [6.45, 7) is 3.55. The molecule has 1 aromatic rings. The van der Waals surface area contributed by atoms with Gasteiger partial charge in [0.05, 0.1) is 0 Å². The van der Waals surface area contributed by atoms with Gasteiger partial charge in [0.2, 0.25) is 5.78 Å². The molecule has 72 valence electrons. The number of aliphatic hydroxyl groups is 1. The van der Waals surface area contributed by atoms with Gasteiger partial charge in [-0.25, -0.2) is 9.67 Å². The van der Waals surface area contributed by atoms with Crippen molar-refractivity contribution in [3.63, 3.8) is 0 Å². The maximum absolute atomic E-state index is 11.5. The molecule has 0 saturated carbocycles. The van der Waals surface area contributed by atoms with Crippen molar-refractivity contribution in [3.8, 4) is 0 Å². The average molecular weight is 183 g/mol. The summed E-state index contributed by atoms with van der Waals surface area (Å²) < 4.78 is 1.36. The second kappa shape index (κ2) is 3.66. The Morgan fingerprint density at radius 1 is 1.62 bits per heavy atom. The van der Waals surface area contributed by atoms with Gasteiger partial charge in [0.15, 0.2) is 5.82 Å². The Labute approximate surface area is 76.4 Å². The number of hydrogen-bond acceptors (Lipinski definition) is 4. The topological polar surface area (TPSA) is 68.0 Å². The lowest BCUT2D eigenvalue weighted by molar-refractivity contribution is 0.0632. The lowest BCUT2D eigenvalue weighted by Gasteiger charge is -2.11. The molecule has 0 amide bonds. The second-order valence-corrected chi connectivity index (χ2v) is 3.26. The second-order valence-electron chi connectivity index (χ2n) is 3.26. The highest BCUT2D eigenvalue weighted by Gasteiger charge is 2.23. The van der Waals surface area contributed by atoms with Crippen LogP contribution in [0.3, 0.4) is 0 Å². The largest absolute Gasteiger partial charge is 0.385 e. The van der Waals surface area contributed by atoms with Crippen LogP contribution in [-0.4, -0.2) is 31.8 Å². The number of aromatic nitrogens is 3. The van der Waals surface area contributed by atoms with Crippen LogP contribution in [0.25, 0.3) is 0 Å². The molecular formula is C8H13N3O2. The van der Waals surface area contributed by atoms with Crippen LogP contribution in [0.4, 0.5) is 0 Å². The third kappa shape index (κ3) is 1.92. The monoisotopic (exact) mass is 183 g/mol.